The van der Waals surface area contributed by atoms with Gasteiger partial charge in [0.05, 0.1) is 29.6 Å². The van der Waals surface area contributed by atoms with Crippen LogP contribution in [-0.2, 0) is 16.1 Å². The van der Waals surface area contributed by atoms with Gasteiger partial charge >= 0.3 is 5.97 Å². The zero-order valence-electron chi connectivity index (χ0n) is 11.7. The summed E-state index contributed by atoms with van der Waals surface area (Å²) in [6, 6.07) is 7.17. The van der Waals surface area contributed by atoms with Gasteiger partial charge in [-0.2, -0.15) is 5.10 Å². The molecule has 2 N–H and O–H groups in total. The van der Waals surface area contributed by atoms with E-state index in [2.05, 4.69) is 10.4 Å². The Morgan fingerprint density at radius 1 is 1.27 bits per heavy atom. The summed E-state index contributed by atoms with van der Waals surface area (Å²) in [6.07, 6.45) is 1.61. The number of carboxylic acids is 1. The number of carboxylic acid groups (broad SMARTS) is 1. The molecule has 0 unspecified atom stereocenters. The highest BCUT2D eigenvalue weighted by atomic mass is 32.2. The average Bonchev–Trinajstić information content (AvgIpc) is 2.49. The molecule has 2 aromatic rings. The lowest BCUT2D eigenvalue weighted by molar-refractivity contribution is -0.133. The molecule has 116 valence electrons. The predicted molar refractivity (Wildman–Crippen MR) is 84.0 cm³/mol. The molecule has 1 heterocycles. The number of nitrogens with one attached hydrogen (secondary N) is 1. The molecule has 0 fully saturated rings. The Morgan fingerprint density at radius 2 is 2.05 bits per heavy atom. The molecule has 0 bridgehead atoms. The number of aliphatic carboxylic acids is 1. The molecule has 0 saturated heterocycles. The van der Waals surface area contributed by atoms with Crippen LogP contribution in [0.1, 0.15) is 0 Å². The summed E-state index contributed by atoms with van der Waals surface area (Å²) in [4.78, 5) is 34.0. The molecule has 22 heavy (non-hydrogen) atoms. The molecule has 1 aromatic heterocycles. The highest BCUT2D eigenvalue weighted by Crippen LogP contribution is 2.06. The van der Waals surface area contributed by atoms with E-state index in [1.54, 1.807) is 18.3 Å². The number of hydrogen-bond donors (Lipinski definition) is 2. The van der Waals surface area contributed by atoms with E-state index >= 15 is 0 Å². The van der Waals surface area contributed by atoms with E-state index < -0.39 is 5.97 Å². The SMILES string of the molecule is O=C(O)CSCC(=O)NCCn1ncc2ccccc2c1=O. The molecule has 0 aliphatic heterocycles. The molecule has 2 rings (SSSR count). The summed E-state index contributed by atoms with van der Waals surface area (Å²) < 4.78 is 1.30. The number of carbonyl (C=O) groups is 2. The number of thioether (sulfide) groups is 1. The highest BCUT2D eigenvalue weighted by Gasteiger charge is 2.06. The molecular weight excluding hydrogens is 306 g/mol. The predicted octanol–water partition coefficient (Wildman–Crippen LogP) is 0.330. The third kappa shape index (κ3) is 4.32. The van der Waals surface area contributed by atoms with Crippen molar-refractivity contribution in [1.82, 2.24) is 15.1 Å². The third-order valence-corrected chi connectivity index (χ3v) is 3.78. The molecule has 0 spiro atoms. The molecule has 0 atom stereocenters. The highest BCUT2D eigenvalue weighted by molar-refractivity contribution is 8.00. The topological polar surface area (TPSA) is 101 Å². The summed E-state index contributed by atoms with van der Waals surface area (Å²) in [5.41, 5.74) is -0.201. The number of nitrogens with zero attached hydrogens (tertiary/aromatic N) is 2. The fourth-order valence-corrected chi connectivity index (χ4v) is 2.43. The van der Waals surface area contributed by atoms with Crippen LogP contribution >= 0.6 is 11.8 Å². The minimum absolute atomic E-state index is 0.0757. The van der Waals surface area contributed by atoms with Gasteiger partial charge in [0.15, 0.2) is 0 Å². The standard InChI is InChI=1S/C14H15N3O4S/c18-12(8-22-9-13(19)20)15-5-6-17-14(21)11-4-2-1-3-10(11)7-16-17/h1-4,7H,5-6,8-9H2,(H,15,18)(H,19,20). The number of carbonyl (C=O) groups excluding carboxylic acids is 1. The fourth-order valence-electron chi connectivity index (χ4n) is 1.87. The van der Waals surface area contributed by atoms with Crippen LogP contribution in [0.15, 0.2) is 35.3 Å². The monoisotopic (exact) mass is 321 g/mol. The average molecular weight is 321 g/mol. The van der Waals surface area contributed by atoms with Crippen LogP contribution in [0.25, 0.3) is 10.8 Å². The Bertz CT molecular complexity index is 744. The van der Waals surface area contributed by atoms with Crippen molar-refractivity contribution in [3.8, 4) is 0 Å². The van der Waals surface area contributed by atoms with E-state index in [0.29, 0.717) is 5.39 Å². The molecule has 0 saturated carbocycles. The molecule has 1 aromatic carbocycles. The summed E-state index contributed by atoms with van der Waals surface area (Å²) in [5.74, 6) is -1.25. The van der Waals surface area contributed by atoms with Gasteiger partial charge in [-0.3, -0.25) is 14.4 Å². The molecular formula is C14H15N3O4S. The summed E-state index contributed by atoms with van der Waals surface area (Å²) in [6.45, 7) is 0.525. The van der Waals surface area contributed by atoms with Gasteiger partial charge in [-0.1, -0.05) is 18.2 Å². The van der Waals surface area contributed by atoms with Crippen LogP contribution in [0.3, 0.4) is 0 Å². The maximum atomic E-state index is 12.2. The quantitative estimate of drug-likeness (QED) is 0.762. The van der Waals surface area contributed by atoms with Crippen molar-refractivity contribution >= 4 is 34.4 Å². The fraction of sp³-hybridized carbons (Fsp3) is 0.286. The molecule has 7 nitrogen and oxygen atoms in total. The normalized spacial score (nSPS) is 10.5. The number of fused-ring (bicyclic) bond motifs is 1. The van der Waals surface area contributed by atoms with Crippen LogP contribution in [0, 0.1) is 0 Å². The zero-order valence-corrected chi connectivity index (χ0v) is 12.5. The van der Waals surface area contributed by atoms with E-state index in [9.17, 15) is 14.4 Å². The van der Waals surface area contributed by atoms with Crippen LogP contribution in [0.2, 0.25) is 0 Å². The third-order valence-electron chi connectivity index (χ3n) is 2.87. The smallest absolute Gasteiger partial charge is 0.313 e. The number of hydrogen-bond acceptors (Lipinski definition) is 5. The minimum atomic E-state index is -0.954. The van der Waals surface area contributed by atoms with Crippen molar-refractivity contribution in [2.24, 2.45) is 0 Å². The van der Waals surface area contributed by atoms with E-state index in [-0.39, 0.29) is 36.1 Å². The Kier molecular flexibility index (Phi) is 5.54. The van der Waals surface area contributed by atoms with Gasteiger partial charge in [0.2, 0.25) is 5.91 Å². The van der Waals surface area contributed by atoms with Gasteiger partial charge in [-0.15, -0.1) is 11.8 Å². The number of aromatic nitrogens is 2. The summed E-state index contributed by atoms with van der Waals surface area (Å²) in [5, 5.41) is 16.5. The van der Waals surface area contributed by atoms with Crippen molar-refractivity contribution in [1.29, 1.82) is 0 Å². The second-order valence-electron chi connectivity index (χ2n) is 4.50. The lowest BCUT2D eigenvalue weighted by atomic mass is 10.2. The van der Waals surface area contributed by atoms with Gasteiger partial charge in [0, 0.05) is 11.9 Å². The van der Waals surface area contributed by atoms with Crippen LogP contribution < -0.4 is 10.9 Å². The molecule has 0 aliphatic rings. The molecule has 8 heteroatoms. The lowest BCUT2D eigenvalue weighted by Crippen LogP contribution is -2.33. The van der Waals surface area contributed by atoms with E-state index in [1.807, 2.05) is 12.1 Å². The minimum Gasteiger partial charge on any atom is -0.481 e. The molecule has 1 amide bonds. The number of rotatable bonds is 7. The number of amides is 1. The van der Waals surface area contributed by atoms with Crippen molar-refractivity contribution in [3.63, 3.8) is 0 Å². The lowest BCUT2D eigenvalue weighted by Gasteiger charge is -2.07. The first kappa shape index (κ1) is 16.0. The molecule has 0 radical (unpaired) electrons. The zero-order chi connectivity index (χ0) is 15.9. The van der Waals surface area contributed by atoms with E-state index in [4.69, 9.17) is 5.11 Å². The van der Waals surface area contributed by atoms with Crippen molar-refractivity contribution in [2.75, 3.05) is 18.1 Å². The second kappa shape index (κ2) is 7.60. The van der Waals surface area contributed by atoms with Gasteiger partial charge < -0.3 is 10.4 Å². The first-order valence-electron chi connectivity index (χ1n) is 6.59. The maximum absolute atomic E-state index is 12.2. The van der Waals surface area contributed by atoms with Gasteiger partial charge in [-0.25, -0.2) is 4.68 Å². The van der Waals surface area contributed by atoms with Crippen LogP contribution in [0.4, 0.5) is 0 Å². The first-order chi connectivity index (χ1) is 10.6. The summed E-state index contributed by atoms with van der Waals surface area (Å²) in [7, 11) is 0. The van der Waals surface area contributed by atoms with Gasteiger partial charge in [0.25, 0.3) is 5.56 Å². The Balaban J connectivity index is 1.87. The summed E-state index contributed by atoms with van der Waals surface area (Å²) >= 11 is 1.02. The number of benzene rings is 1. The van der Waals surface area contributed by atoms with E-state index in [1.165, 1.54) is 4.68 Å². The van der Waals surface area contributed by atoms with Crippen molar-refractivity contribution in [2.45, 2.75) is 6.54 Å². The molecule has 0 aliphatic carbocycles. The largest absolute Gasteiger partial charge is 0.481 e. The Hall–Kier alpha value is -2.35. The van der Waals surface area contributed by atoms with Crippen molar-refractivity contribution < 1.29 is 14.7 Å². The van der Waals surface area contributed by atoms with Crippen LogP contribution in [0.5, 0.6) is 0 Å². The first-order valence-corrected chi connectivity index (χ1v) is 7.74. The Labute approximate surface area is 130 Å². The van der Waals surface area contributed by atoms with E-state index in [0.717, 1.165) is 17.1 Å². The Morgan fingerprint density at radius 3 is 2.82 bits per heavy atom. The van der Waals surface area contributed by atoms with Gasteiger partial charge in [-0.05, 0) is 6.07 Å². The van der Waals surface area contributed by atoms with Crippen LogP contribution in [-0.4, -0.2) is 44.8 Å². The maximum Gasteiger partial charge on any atom is 0.313 e. The second-order valence-corrected chi connectivity index (χ2v) is 5.48. The van der Waals surface area contributed by atoms with Gasteiger partial charge in [0.1, 0.15) is 0 Å². The van der Waals surface area contributed by atoms with Crippen molar-refractivity contribution in [3.05, 3.63) is 40.8 Å².